The zero-order chi connectivity index (χ0) is 18.7. The third-order valence-corrected chi connectivity index (χ3v) is 5.20. The van der Waals surface area contributed by atoms with Crippen LogP contribution in [0.5, 0.6) is 0 Å². The molecule has 144 valence electrons. The van der Waals surface area contributed by atoms with Crippen molar-refractivity contribution in [2.45, 2.75) is 44.7 Å². The van der Waals surface area contributed by atoms with Gasteiger partial charge in [0.05, 0.1) is 6.42 Å². The Kier molecular flexibility index (Phi) is 6.35. The molecule has 1 atom stereocenters. The molecule has 2 saturated heterocycles. The van der Waals surface area contributed by atoms with Crippen LogP contribution in [-0.4, -0.2) is 79.5 Å². The van der Waals surface area contributed by atoms with Crippen molar-refractivity contribution >= 4 is 11.8 Å². The van der Waals surface area contributed by atoms with Crippen LogP contribution in [0.25, 0.3) is 0 Å². The van der Waals surface area contributed by atoms with Gasteiger partial charge in [-0.3, -0.25) is 9.59 Å². The van der Waals surface area contributed by atoms with Gasteiger partial charge in [-0.1, -0.05) is 0 Å². The first kappa shape index (κ1) is 20.0. The van der Waals surface area contributed by atoms with Crippen molar-refractivity contribution in [1.29, 1.82) is 0 Å². The maximum absolute atomic E-state index is 12.4. The van der Waals surface area contributed by atoms with Crippen LogP contribution in [0, 0.1) is 5.41 Å². The summed E-state index contributed by atoms with van der Waals surface area (Å²) >= 11 is 0. The van der Waals surface area contributed by atoms with Crippen molar-refractivity contribution in [3.63, 3.8) is 0 Å². The Morgan fingerprint density at radius 3 is 2.60 bits per heavy atom. The molecule has 8 heteroatoms. The van der Waals surface area contributed by atoms with Crippen molar-refractivity contribution in [2.24, 2.45) is 5.41 Å². The number of hydrogen-bond acceptors (Lipinski definition) is 3. The number of nitrogens with zero attached hydrogens (tertiary/aromatic N) is 3. The molecule has 0 aliphatic carbocycles. The molecule has 5 nitrogen and oxygen atoms in total. The van der Waals surface area contributed by atoms with Gasteiger partial charge in [0.25, 0.3) is 0 Å². The second kappa shape index (κ2) is 7.93. The van der Waals surface area contributed by atoms with E-state index in [4.69, 9.17) is 0 Å². The van der Waals surface area contributed by atoms with Crippen molar-refractivity contribution in [3.05, 3.63) is 0 Å². The van der Waals surface area contributed by atoms with Gasteiger partial charge in [0.2, 0.25) is 11.8 Å². The molecule has 2 fully saturated rings. The summed E-state index contributed by atoms with van der Waals surface area (Å²) in [5, 5.41) is 0. The maximum Gasteiger partial charge on any atom is 0.389 e. The standard InChI is InChI=1S/C17H28F3N3O2/c1-21(2)10-11-23-13-16(7-4-14(23)24)6-3-9-22(12-16)15(25)5-8-17(18,19)20/h3-13H2,1-2H3. The number of carbonyl (C=O) groups is 2. The fourth-order valence-electron chi connectivity index (χ4n) is 3.79. The zero-order valence-corrected chi connectivity index (χ0v) is 15.1. The van der Waals surface area contributed by atoms with Gasteiger partial charge < -0.3 is 14.7 Å². The highest BCUT2D eigenvalue weighted by Crippen LogP contribution is 2.39. The predicted molar refractivity (Wildman–Crippen MR) is 87.9 cm³/mol. The molecule has 2 aliphatic heterocycles. The Morgan fingerprint density at radius 1 is 1.24 bits per heavy atom. The molecule has 0 aromatic carbocycles. The predicted octanol–water partition coefficient (Wildman–Crippen LogP) is 2.12. The number of rotatable bonds is 5. The summed E-state index contributed by atoms with van der Waals surface area (Å²) in [6.45, 7) is 3.01. The lowest BCUT2D eigenvalue weighted by atomic mass is 9.73. The van der Waals surface area contributed by atoms with Crippen LogP contribution in [-0.2, 0) is 9.59 Å². The summed E-state index contributed by atoms with van der Waals surface area (Å²) in [5.74, 6) is -0.291. The summed E-state index contributed by atoms with van der Waals surface area (Å²) in [7, 11) is 3.90. The molecule has 2 heterocycles. The number of halogens is 3. The first-order chi connectivity index (χ1) is 11.6. The zero-order valence-electron chi connectivity index (χ0n) is 15.1. The van der Waals surface area contributed by atoms with Crippen LogP contribution >= 0.6 is 0 Å². The number of hydrogen-bond donors (Lipinski definition) is 0. The molecule has 0 radical (unpaired) electrons. The minimum atomic E-state index is -4.30. The highest BCUT2D eigenvalue weighted by molar-refractivity contribution is 5.78. The molecule has 2 rings (SSSR count). The SMILES string of the molecule is CN(C)CCN1CC2(CCCN(C(=O)CCC(F)(F)F)C2)CCC1=O. The second-order valence-corrected chi connectivity index (χ2v) is 7.65. The van der Waals surface area contributed by atoms with Gasteiger partial charge in [-0.05, 0) is 33.4 Å². The average molecular weight is 363 g/mol. The molecule has 1 unspecified atom stereocenters. The van der Waals surface area contributed by atoms with Gasteiger partial charge in [-0.2, -0.15) is 13.2 Å². The van der Waals surface area contributed by atoms with Gasteiger partial charge in [-0.15, -0.1) is 0 Å². The summed E-state index contributed by atoms with van der Waals surface area (Å²) in [6.07, 6.45) is -2.98. The lowest BCUT2D eigenvalue weighted by Gasteiger charge is -2.48. The molecule has 0 N–H and O–H groups in total. The van der Waals surface area contributed by atoms with Crippen molar-refractivity contribution in [1.82, 2.24) is 14.7 Å². The van der Waals surface area contributed by atoms with Gasteiger partial charge in [-0.25, -0.2) is 0 Å². The molecule has 1 spiro atoms. The van der Waals surface area contributed by atoms with E-state index in [-0.39, 0.29) is 11.3 Å². The van der Waals surface area contributed by atoms with Gasteiger partial charge in [0.15, 0.2) is 0 Å². The monoisotopic (exact) mass is 363 g/mol. The lowest BCUT2D eigenvalue weighted by molar-refractivity contribution is -0.153. The van der Waals surface area contributed by atoms with E-state index in [0.717, 1.165) is 19.4 Å². The van der Waals surface area contributed by atoms with Crippen LogP contribution in [0.3, 0.4) is 0 Å². The molecule has 0 bridgehead atoms. The fourth-order valence-corrected chi connectivity index (χ4v) is 3.79. The first-order valence-electron chi connectivity index (χ1n) is 8.87. The fraction of sp³-hybridized carbons (Fsp3) is 0.882. The molecule has 0 aromatic heterocycles. The highest BCUT2D eigenvalue weighted by Gasteiger charge is 2.42. The van der Waals surface area contributed by atoms with Gasteiger partial charge in [0.1, 0.15) is 0 Å². The third kappa shape index (κ3) is 5.87. The summed E-state index contributed by atoms with van der Waals surface area (Å²) in [4.78, 5) is 29.8. The largest absolute Gasteiger partial charge is 0.389 e. The quantitative estimate of drug-likeness (QED) is 0.752. The van der Waals surface area contributed by atoms with E-state index in [2.05, 4.69) is 0 Å². The molecule has 2 amide bonds. The van der Waals surface area contributed by atoms with Crippen LogP contribution in [0.1, 0.15) is 38.5 Å². The third-order valence-electron chi connectivity index (χ3n) is 5.20. The molecule has 25 heavy (non-hydrogen) atoms. The van der Waals surface area contributed by atoms with Crippen molar-refractivity contribution in [3.8, 4) is 0 Å². The Hall–Kier alpha value is -1.31. The number of amides is 2. The van der Waals surface area contributed by atoms with E-state index in [1.807, 2.05) is 23.9 Å². The van der Waals surface area contributed by atoms with E-state index in [9.17, 15) is 22.8 Å². The Morgan fingerprint density at radius 2 is 1.96 bits per heavy atom. The smallest absolute Gasteiger partial charge is 0.342 e. The molecule has 0 aromatic rings. The topological polar surface area (TPSA) is 43.9 Å². The number of carbonyl (C=O) groups excluding carboxylic acids is 2. The minimum absolute atomic E-state index is 0.132. The van der Waals surface area contributed by atoms with E-state index in [1.54, 1.807) is 4.90 Å². The van der Waals surface area contributed by atoms with E-state index in [0.29, 0.717) is 39.0 Å². The van der Waals surface area contributed by atoms with E-state index < -0.39 is 24.9 Å². The first-order valence-corrected chi connectivity index (χ1v) is 8.87. The number of piperidine rings is 2. The van der Waals surface area contributed by atoms with E-state index >= 15 is 0 Å². The number of likely N-dealkylation sites (N-methyl/N-ethyl adjacent to an activating group) is 1. The normalized spacial score (nSPS) is 25.1. The van der Waals surface area contributed by atoms with Crippen molar-refractivity contribution < 1.29 is 22.8 Å². The average Bonchev–Trinajstić information content (AvgIpc) is 2.53. The van der Waals surface area contributed by atoms with Crippen LogP contribution < -0.4 is 0 Å². The van der Waals surface area contributed by atoms with Crippen LogP contribution in [0.2, 0.25) is 0 Å². The summed E-state index contributed by atoms with van der Waals surface area (Å²) in [6, 6.07) is 0. The summed E-state index contributed by atoms with van der Waals surface area (Å²) in [5.41, 5.74) is -0.160. The van der Waals surface area contributed by atoms with Crippen molar-refractivity contribution in [2.75, 3.05) is 46.8 Å². The molecule has 2 aliphatic rings. The van der Waals surface area contributed by atoms with Crippen LogP contribution in [0.15, 0.2) is 0 Å². The number of alkyl halides is 3. The Labute approximate surface area is 147 Å². The lowest BCUT2D eigenvalue weighted by Crippen LogP contribution is -2.55. The minimum Gasteiger partial charge on any atom is -0.342 e. The molecular formula is C17H28F3N3O2. The molecular weight excluding hydrogens is 335 g/mol. The van der Waals surface area contributed by atoms with Gasteiger partial charge >= 0.3 is 6.18 Å². The maximum atomic E-state index is 12.4. The van der Waals surface area contributed by atoms with E-state index in [1.165, 1.54) is 0 Å². The van der Waals surface area contributed by atoms with Gasteiger partial charge in [0, 0.05) is 51.0 Å². The van der Waals surface area contributed by atoms with Crippen LogP contribution in [0.4, 0.5) is 13.2 Å². The second-order valence-electron chi connectivity index (χ2n) is 7.65. The Bertz CT molecular complexity index is 496. The summed E-state index contributed by atoms with van der Waals surface area (Å²) < 4.78 is 37.1. The number of likely N-dealkylation sites (tertiary alicyclic amines) is 2. The highest BCUT2D eigenvalue weighted by atomic mass is 19.4. The Balaban J connectivity index is 1.96. The molecule has 0 saturated carbocycles.